The van der Waals surface area contributed by atoms with Gasteiger partial charge in [-0.3, -0.25) is 4.79 Å². The number of halogens is 2. The SMILES string of the molecule is COc1cccc(C(NC(=O)c2ccc(OC(F)F)cc2)c2nccn2C)c1. The van der Waals surface area contributed by atoms with E-state index in [4.69, 9.17) is 4.74 Å². The van der Waals surface area contributed by atoms with Gasteiger partial charge < -0.3 is 19.4 Å². The maximum atomic E-state index is 12.8. The fraction of sp³-hybridized carbons (Fsp3) is 0.200. The number of aryl methyl sites for hydroxylation is 1. The number of alkyl halides is 2. The minimum Gasteiger partial charge on any atom is -0.497 e. The number of hydrogen-bond acceptors (Lipinski definition) is 4. The summed E-state index contributed by atoms with van der Waals surface area (Å²) < 4.78 is 35.9. The number of amides is 1. The molecule has 1 N–H and O–H groups in total. The third kappa shape index (κ3) is 4.46. The summed E-state index contributed by atoms with van der Waals surface area (Å²) in [6, 6.07) is 12.3. The number of ether oxygens (including phenoxy) is 2. The van der Waals surface area contributed by atoms with Gasteiger partial charge in [0.05, 0.1) is 7.11 Å². The van der Waals surface area contributed by atoms with Gasteiger partial charge in [-0.15, -0.1) is 0 Å². The van der Waals surface area contributed by atoms with Crippen molar-refractivity contribution >= 4 is 5.91 Å². The zero-order valence-electron chi connectivity index (χ0n) is 15.3. The van der Waals surface area contributed by atoms with E-state index in [0.29, 0.717) is 17.1 Å². The Morgan fingerprint density at radius 1 is 1.14 bits per heavy atom. The molecule has 1 amide bonds. The second-order valence-corrected chi connectivity index (χ2v) is 5.98. The summed E-state index contributed by atoms with van der Waals surface area (Å²) in [5.74, 6) is 0.901. The molecule has 8 heteroatoms. The summed E-state index contributed by atoms with van der Waals surface area (Å²) in [7, 11) is 3.40. The highest BCUT2D eigenvalue weighted by Crippen LogP contribution is 2.25. The highest BCUT2D eigenvalue weighted by molar-refractivity contribution is 5.94. The summed E-state index contributed by atoms with van der Waals surface area (Å²) >= 11 is 0. The largest absolute Gasteiger partial charge is 0.497 e. The first-order valence-corrected chi connectivity index (χ1v) is 8.45. The number of methoxy groups -OCH3 is 1. The van der Waals surface area contributed by atoms with Crippen molar-refractivity contribution < 1.29 is 23.0 Å². The van der Waals surface area contributed by atoms with Gasteiger partial charge in [0.1, 0.15) is 23.4 Å². The Hall–Kier alpha value is -3.42. The van der Waals surface area contributed by atoms with E-state index in [0.717, 1.165) is 5.56 Å². The number of nitrogens with one attached hydrogen (secondary N) is 1. The van der Waals surface area contributed by atoms with Crippen LogP contribution in [0.2, 0.25) is 0 Å². The van der Waals surface area contributed by atoms with E-state index in [-0.39, 0.29) is 11.7 Å². The predicted octanol–water partition coefficient (Wildman–Crippen LogP) is 3.55. The smallest absolute Gasteiger partial charge is 0.387 e. The summed E-state index contributed by atoms with van der Waals surface area (Å²) in [5.41, 5.74) is 1.10. The minimum absolute atomic E-state index is 0.0139. The quantitative estimate of drug-likeness (QED) is 0.673. The molecule has 1 unspecified atom stereocenters. The molecule has 0 saturated carbocycles. The molecule has 3 aromatic rings. The van der Waals surface area contributed by atoms with Crippen LogP contribution in [0.25, 0.3) is 0 Å². The summed E-state index contributed by atoms with van der Waals surface area (Å²) in [4.78, 5) is 17.1. The lowest BCUT2D eigenvalue weighted by Crippen LogP contribution is -2.31. The summed E-state index contributed by atoms with van der Waals surface area (Å²) in [6.45, 7) is -2.92. The van der Waals surface area contributed by atoms with Crippen LogP contribution in [0, 0.1) is 0 Å². The Kier molecular flexibility index (Phi) is 5.88. The Morgan fingerprint density at radius 3 is 2.50 bits per heavy atom. The zero-order chi connectivity index (χ0) is 20.1. The third-order valence-electron chi connectivity index (χ3n) is 4.16. The van der Waals surface area contributed by atoms with Gasteiger partial charge in [-0.1, -0.05) is 12.1 Å². The highest BCUT2D eigenvalue weighted by Gasteiger charge is 2.22. The van der Waals surface area contributed by atoms with E-state index < -0.39 is 12.7 Å². The lowest BCUT2D eigenvalue weighted by molar-refractivity contribution is -0.0498. The monoisotopic (exact) mass is 387 g/mol. The van der Waals surface area contributed by atoms with Crippen LogP contribution >= 0.6 is 0 Å². The first-order chi connectivity index (χ1) is 13.5. The highest BCUT2D eigenvalue weighted by atomic mass is 19.3. The molecule has 0 fully saturated rings. The maximum Gasteiger partial charge on any atom is 0.387 e. The molecule has 0 aliphatic rings. The average Bonchev–Trinajstić information content (AvgIpc) is 3.11. The lowest BCUT2D eigenvalue weighted by Gasteiger charge is -2.20. The number of aromatic nitrogens is 2. The molecule has 0 aliphatic carbocycles. The topological polar surface area (TPSA) is 65.4 Å². The number of carbonyl (C=O) groups excluding carboxylic acids is 1. The van der Waals surface area contributed by atoms with E-state index in [1.807, 2.05) is 35.9 Å². The van der Waals surface area contributed by atoms with Gasteiger partial charge >= 0.3 is 6.61 Å². The van der Waals surface area contributed by atoms with Gasteiger partial charge in [0.2, 0.25) is 0 Å². The Bertz CT molecular complexity index is 942. The van der Waals surface area contributed by atoms with Gasteiger partial charge in [0, 0.05) is 25.0 Å². The Labute approximate surface area is 160 Å². The molecule has 3 rings (SSSR count). The van der Waals surface area contributed by atoms with Crippen molar-refractivity contribution in [3.63, 3.8) is 0 Å². The van der Waals surface area contributed by atoms with Crippen LogP contribution in [0.15, 0.2) is 60.9 Å². The molecule has 0 aliphatic heterocycles. The van der Waals surface area contributed by atoms with Gasteiger partial charge in [-0.05, 0) is 42.0 Å². The number of carbonyl (C=O) groups is 1. The minimum atomic E-state index is -2.92. The van der Waals surface area contributed by atoms with Gasteiger partial charge in [0.25, 0.3) is 5.91 Å². The molecule has 1 heterocycles. The number of rotatable bonds is 7. The molecule has 2 aromatic carbocycles. The van der Waals surface area contributed by atoms with Crippen LogP contribution in [-0.2, 0) is 7.05 Å². The number of benzene rings is 2. The van der Waals surface area contributed by atoms with Crippen LogP contribution in [0.1, 0.15) is 27.8 Å². The molecule has 0 spiro atoms. The molecule has 0 radical (unpaired) electrons. The Balaban J connectivity index is 1.87. The van der Waals surface area contributed by atoms with Gasteiger partial charge in [-0.2, -0.15) is 8.78 Å². The van der Waals surface area contributed by atoms with E-state index in [2.05, 4.69) is 15.0 Å². The predicted molar refractivity (Wildman–Crippen MR) is 98.6 cm³/mol. The molecular formula is C20H19F2N3O3. The van der Waals surface area contributed by atoms with Crippen LogP contribution in [0.4, 0.5) is 8.78 Å². The maximum absolute atomic E-state index is 12.8. The fourth-order valence-electron chi connectivity index (χ4n) is 2.78. The lowest BCUT2D eigenvalue weighted by atomic mass is 10.0. The molecule has 28 heavy (non-hydrogen) atoms. The van der Waals surface area contributed by atoms with Crippen LogP contribution in [-0.4, -0.2) is 29.2 Å². The van der Waals surface area contributed by atoms with Crippen molar-refractivity contribution in [2.45, 2.75) is 12.7 Å². The molecule has 146 valence electrons. The van der Waals surface area contributed by atoms with Crippen LogP contribution in [0.3, 0.4) is 0 Å². The van der Waals surface area contributed by atoms with E-state index in [9.17, 15) is 13.6 Å². The second kappa shape index (κ2) is 8.51. The van der Waals surface area contributed by atoms with Crippen molar-refractivity contribution in [1.29, 1.82) is 0 Å². The standard InChI is InChI=1S/C20H19F2N3O3/c1-25-11-10-23-18(25)17(14-4-3-5-16(12-14)27-2)24-19(26)13-6-8-15(9-7-13)28-20(21)22/h3-12,17,20H,1-2H3,(H,24,26). The van der Waals surface area contributed by atoms with Crippen molar-refractivity contribution in [1.82, 2.24) is 14.9 Å². The first-order valence-electron chi connectivity index (χ1n) is 8.45. The zero-order valence-corrected chi connectivity index (χ0v) is 15.3. The number of hydrogen-bond donors (Lipinski definition) is 1. The average molecular weight is 387 g/mol. The van der Waals surface area contributed by atoms with Gasteiger partial charge in [0.15, 0.2) is 0 Å². The number of nitrogens with zero attached hydrogens (tertiary/aromatic N) is 2. The molecule has 0 saturated heterocycles. The third-order valence-corrected chi connectivity index (χ3v) is 4.16. The van der Waals surface area contributed by atoms with Crippen LogP contribution < -0.4 is 14.8 Å². The molecule has 0 bridgehead atoms. The van der Waals surface area contributed by atoms with E-state index in [1.165, 1.54) is 24.3 Å². The van der Waals surface area contributed by atoms with Crippen LogP contribution in [0.5, 0.6) is 11.5 Å². The van der Waals surface area contributed by atoms with E-state index >= 15 is 0 Å². The Morgan fingerprint density at radius 2 is 1.89 bits per heavy atom. The first kappa shape index (κ1) is 19.3. The number of imidazole rings is 1. The molecular weight excluding hydrogens is 368 g/mol. The fourth-order valence-corrected chi connectivity index (χ4v) is 2.78. The second-order valence-electron chi connectivity index (χ2n) is 5.98. The summed E-state index contributed by atoms with van der Waals surface area (Å²) in [5, 5.41) is 2.94. The molecule has 1 aromatic heterocycles. The van der Waals surface area contributed by atoms with E-state index in [1.54, 1.807) is 19.5 Å². The summed E-state index contributed by atoms with van der Waals surface area (Å²) in [6.07, 6.45) is 3.43. The van der Waals surface area contributed by atoms with Crippen molar-refractivity contribution in [2.75, 3.05) is 7.11 Å². The van der Waals surface area contributed by atoms with Crippen molar-refractivity contribution in [3.8, 4) is 11.5 Å². The van der Waals surface area contributed by atoms with Crippen molar-refractivity contribution in [2.24, 2.45) is 7.05 Å². The van der Waals surface area contributed by atoms with Crippen molar-refractivity contribution in [3.05, 3.63) is 77.9 Å². The molecule has 1 atom stereocenters. The molecule has 6 nitrogen and oxygen atoms in total. The normalized spacial score (nSPS) is 11.9. The van der Waals surface area contributed by atoms with Gasteiger partial charge in [-0.25, -0.2) is 4.98 Å².